The van der Waals surface area contributed by atoms with E-state index in [0.717, 1.165) is 0 Å². The topological polar surface area (TPSA) is 118 Å². The predicted molar refractivity (Wildman–Crippen MR) is 98.6 cm³/mol. The number of hydrogen-bond acceptors (Lipinski definition) is 5. The van der Waals surface area contributed by atoms with Gasteiger partial charge in [0.05, 0.1) is 11.3 Å². The van der Waals surface area contributed by atoms with E-state index in [1.54, 1.807) is 25.1 Å². The van der Waals surface area contributed by atoms with Gasteiger partial charge in [-0.25, -0.2) is 0 Å². The standard InChI is InChI=1S/C19H17NO6S/c1-2-6-15(27(24,25)26)19(23)20-14-10-5-9-13-16(14)18(22)12-8-4-3-7-11(12)17(13)21/h3-5,7-10,15H,2,6H2,1H3,(H,20,23)(H,24,25,26)/t15-/m0/s1. The molecule has 0 aliphatic heterocycles. The molecule has 7 nitrogen and oxygen atoms in total. The third-order valence-electron chi connectivity index (χ3n) is 4.41. The highest BCUT2D eigenvalue weighted by Gasteiger charge is 2.34. The van der Waals surface area contributed by atoms with Crippen LogP contribution >= 0.6 is 0 Å². The summed E-state index contributed by atoms with van der Waals surface area (Å²) in [5, 5.41) is 0.739. The van der Waals surface area contributed by atoms with Gasteiger partial charge in [-0.2, -0.15) is 8.42 Å². The van der Waals surface area contributed by atoms with Crippen molar-refractivity contribution in [1.82, 2.24) is 0 Å². The second-order valence-electron chi connectivity index (χ2n) is 6.21. The second-order valence-corrected chi connectivity index (χ2v) is 7.81. The van der Waals surface area contributed by atoms with Crippen LogP contribution in [0.5, 0.6) is 0 Å². The van der Waals surface area contributed by atoms with Crippen molar-refractivity contribution >= 4 is 33.3 Å². The summed E-state index contributed by atoms with van der Waals surface area (Å²) in [6, 6.07) is 10.8. The van der Waals surface area contributed by atoms with E-state index in [1.807, 2.05) is 0 Å². The molecule has 2 aromatic carbocycles. The SMILES string of the molecule is CCC[C@@H](C(=O)Nc1cccc2c1C(=O)c1ccccc1C2=O)S(=O)(=O)O. The maximum Gasteiger partial charge on any atom is 0.276 e. The Balaban J connectivity index is 2.04. The molecule has 0 fully saturated rings. The van der Waals surface area contributed by atoms with Crippen molar-refractivity contribution in [1.29, 1.82) is 0 Å². The maximum absolute atomic E-state index is 12.9. The molecular weight excluding hydrogens is 370 g/mol. The molecule has 140 valence electrons. The third-order valence-corrected chi connectivity index (χ3v) is 5.58. The minimum absolute atomic E-state index is 0.0140. The lowest BCUT2D eigenvalue weighted by atomic mass is 9.83. The highest BCUT2D eigenvalue weighted by molar-refractivity contribution is 7.87. The molecule has 0 heterocycles. The summed E-state index contributed by atoms with van der Waals surface area (Å²) in [6.07, 6.45) is 0.283. The fraction of sp³-hybridized carbons (Fsp3) is 0.211. The lowest BCUT2D eigenvalue weighted by Gasteiger charge is -2.21. The number of amides is 1. The van der Waals surface area contributed by atoms with Gasteiger partial charge in [-0.05, 0) is 12.5 Å². The van der Waals surface area contributed by atoms with Crippen LogP contribution in [0.15, 0.2) is 42.5 Å². The Kier molecular flexibility index (Phi) is 4.95. The first-order valence-electron chi connectivity index (χ1n) is 8.34. The number of fused-ring (bicyclic) bond motifs is 2. The summed E-state index contributed by atoms with van der Waals surface area (Å²) in [7, 11) is -4.60. The Morgan fingerprint density at radius 1 is 1.00 bits per heavy atom. The highest BCUT2D eigenvalue weighted by atomic mass is 32.2. The van der Waals surface area contributed by atoms with Crippen molar-refractivity contribution in [3.63, 3.8) is 0 Å². The van der Waals surface area contributed by atoms with Gasteiger partial charge >= 0.3 is 0 Å². The highest BCUT2D eigenvalue weighted by Crippen LogP contribution is 2.32. The van der Waals surface area contributed by atoms with Crippen LogP contribution in [0.4, 0.5) is 5.69 Å². The summed E-state index contributed by atoms with van der Waals surface area (Å²) in [6.45, 7) is 1.68. The quantitative estimate of drug-likeness (QED) is 0.650. The lowest BCUT2D eigenvalue weighted by Crippen LogP contribution is -2.35. The van der Waals surface area contributed by atoms with E-state index in [2.05, 4.69) is 5.32 Å². The Hall–Kier alpha value is -2.84. The van der Waals surface area contributed by atoms with Gasteiger partial charge in [0.1, 0.15) is 0 Å². The van der Waals surface area contributed by atoms with Crippen LogP contribution in [-0.4, -0.2) is 35.7 Å². The average molecular weight is 387 g/mol. The zero-order chi connectivity index (χ0) is 19.8. The first-order chi connectivity index (χ1) is 12.8. The van der Waals surface area contributed by atoms with Crippen molar-refractivity contribution in [2.75, 3.05) is 5.32 Å². The van der Waals surface area contributed by atoms with Gasteiger partial charge in [-0.3, -0.25) is 18.9 Å². The Bertz CT molecular complexity index is 1060. The van der Waals surface area contributed by atoms with Crippen molar-refractivity contribution in [3.05, 3.63) is 64.7 Å². The zero-order valence-corrected chi connectivity index (χ0v) is 15.2. The molecule has 3 rings (SSSR count). The van der Waals surface area contributed by atoms with E-state index in [1.165, 1.54) is 24.3 Å². The molecule has 1 atom stereocenters. The minimum Gasteiger partial charge on any atom is -0.324 e. The normalized spacial score (nSPS) is 14.3. The van der Waals surface area contributed by atoms with Crippen molar-refractivity contribution < 1.29 is 27.4 Å². The third kappa shape index (κ3) is 3.41. The zero-order valence-electron chi connectivity index (χ0n) is 14.4. The fourth-order valence-corrected chi connectivity index (χ4v) is 4.00. The average Bonchev–Trinajstić information content (AvgIpc) is 2.63. The first kappa shape index (κ1) is 18.9. The molecular formula is C19H17NO6S. The van der Waals surface area contributed by atoms with Crippen LogP contribution in [0.3, 0.4) is 0 Å². The van der Waals surface area contributed by atoms with Gasteiger partial charge in [0.2, 0.25) is 5.91 Å². The number of ketones is 2. The van der Waals surface area contributed by atoms with Gasteiger partial charge in [-0.15, -0.1) is 0 Å². The van der Waals surface area contributed by atoms with Gasteiger partial charge in [0.25, 0.3) is 10.1 Å². The molecule has 0 saturated heterocycles. The van der Waals surface area contributed by atoms with Crippen LogP contribution in [0.1, 0.15) is 51.6 Å². The maximum atomic E-state index is 12.9. The van der Waals surface area contributed by atoms with E-state index in [-0.39, 0.29) is 40.1 Å². The number of benzene rings is 2. The first-order valence-corrected chi connectivity index (χ1v) is 9.84. The summed E-state index contributed by atoms with van der Waals surface area (Å²) in [4.78, 5) is 38.0. The summed E-state index contributed by atoms with van der Waals surface area (Å²) < 4.78 is 32.3. The van der Waals surface area contributed by atoms with Crippen LogP contribution in [-0.2, 0) is 14.9 Å². The van der Waals surface area contributed by atoms with Crippen molar-refractivity contribution in [2.45, 2.75) is 25.0 Å². The molecule has 0 radical (unpaired) electrons. The number of carbonyl (C=O) groups excluding carboxylic acids is 3. The largest absolute Gasteiger partial charge is 0.324 e. The molecule has 1 aliphatic rings. The van der Waals surface area contributed by atoms with E-state index in [4.69, 9.17) is 0 Å². The Morgan fingerprint density at radius 2 is 1.59 bits per heavy atom. The Labute approximate surface area is 156 Å². The van der Waals surface area contributed by atoms with Crippen molar-refractivity contribution in [3.8, 4) is 0 Å². The van der Waals surface area contributed by atoms with E-state index >= 15 is 0 Å². The molecule has 27 heavy (non-hydrogen) atoms. The van der Waals surface area contributed by atoms with E-state index in [0.29, 0.717) is 6.42 Å². The Morgan fingerprint density at radius 3 is 2.19 bits per heavy atom. The molecule has 1 amide bonds. The number of nitrogens with one attached hydrogen (secondary N) is 1. The molecule has 0 spiro atoms. The fourth-order valence-electron chi connectivity index (χ4n) is 3.14. The molecule has 2 aromatic rings. The van der Waals surface area contributed by atoms with Gasteiger partial charge in [0, 0.05) is 16.7 Å². The van der Waals surface area contributed by atoms with Gasteiger partial charge in [0.15, 0.2) is 16.8 Å². The molecule has 0 aromatic heterocycles. The van der Waals surface area contributed by atoms with Crippen LogP contribution < -0.4 is 5.32 Å². The number of rotatable bonds is 5. The molecule has 2 N–H and O–H groups in total. The van der Waals surface area contributed by atoms with Crippen LogP contribution in [0, 0.1) is 0 Å². The molecule has 0 saturated carbocycles. The number of carbonyl (C=O) groups is 3. The smallest absolute Gasteiger partial charge is 0.276 e. The molecule has 1 aliphatic carbocycles. The molecule has 8 heteroatoms. The lowest BCUT2D eigenvalue weighted by molar-refractivity contribution is -0.116. The second kappa shape index (κ2) is 7.05. The van der Waals surface area contributed by atoms with Crippen molar-refractivity contribution in [2.24, 2.45) is 0 Å². The van der Waals surface area contributed by atoms with Crippen LogP contribution in [0.25, 0.3) is 0 Å². The number of hydrogen-bond donors (Lipinski definition) is 2. The van der Waals surface area contributed by atoms with Gasteiger partial charge < -0.3 is 5.32 Å². The monoisotopic (exact) mass is 387 g/mol. The van der Waals surface area contributed by atoms with E-state index < -0.39 is 27.1 Å². The molecule has 0 bridgehead atoms. The minimum atomic E-state index is -4.60. The van der Waals surface area contributed by atoms with Crippen LogP contribution in [0.2, 0.25) is 0 Å². The summed E-state index contributed by atoms with van der Waals surface area (Å²) in [5.41, 5.74) is 0.683. The number of anilines is 1. The van der Waals surface area contributed by atoms with Gasteiger partial charge in [-0.1, -0.05) is 49.7 Å². The molecule has 0 unspecified atom stereocenters. The predicted octanol–water partition coefficient (Wildman–Crippen LogP) is 2.46. The summed E-state index contributed by atoms with van der Waals surface area (Å²) >= 11 is 0. The van der Waals surface area contributed by atoms with E-state index in [9.17, 15) is 27.4 Å². The summed E-state index contributed by atoms with van der Waals surface area (Å²) in [5.74, 6) is -1.74.